The molecule has 0 saturated heterocycles. The Morgan fingerprint density at radius 3 is 2.56 bits per heavy atom. The minimum absolute atomic E-state index is 0.104. The molecule has 1 rings (SSSR count). The van der Waals surface area contributed by atoms with E-state index in [1.165, 1.54) is 18.2 Å². The van der Waals surface area contributed by atoms with Gasteiger partial charge in [-0.05, 0) is 12.1 Å². The molecule has 88 valence electrons. The summed E-state index contributed by atoms with van der Waals surface area (Å²) in [5.74, 6) is -0.402. The average Bonchev–Trinajstić information content (AvgIpc) is 2.27. The molecular formula is C10H8Br2F2O2. The maximum absolute atomic E-state index is 12.1. The molecule has 1 unspecified atom stereocenters. The molecule has 16 heavy (non-hydrogen) atoms. The van der Waals surface area contributed by atoms with Crippen molar-refractivity contribution in [1.29, 1.82) is 0 Å². The monoisotopic (exact) mass is 356 g/mol. The van der Waals surface area contributed by atoms with E-state index in [1.807, 2.05) is 0 Å². The van der Waals surface area contributed by atoms with Crippen LogP contribution in [0.3, 0.4) is 0 Å². The topological polar surface area (TPSA) is 26.3 Å². The number of ether oxygens (including phenoxy) is 1. The lowest BCUT2D eigenvalue weighted by Crippen LogP contribution is -2.17. The first kappa shape index (κ1) is 13.6. The van der Waals surface area contributed by atoms with Crippen LogP contribution in [0, 0.1) is 0 Å². The van der Waals surface area contributed by atoms with Crippen LogP contribution in [0.4, 0.5) is 8.78 Å². The number of carbonyl (C=O) groups is 1. The Balaban J connectivity index is 2.98. The summed E-state index contributed by atoms with van der Waals surface area (Å²) >= 11 is 6.27. The molecule has 0 amide bonds. The molecule has 0 bridgehead atoms. The highest BCUT2D eigenvalue weighted by Gasteiger charge is 2.20. The molecule has 1 aromatic carbocycles. The van der Waals surface area contributed by atoms with E-state index in [-0.39, 0.29) is 17.1 Å². The zero-order chi connectivity index (χ0) is 12.1. The summed E-state index contributed by atoms with van der Waals surface area (Å²) in [6.45, 7) is -2.94. The van der Waals surface area contributed by atoms with Gasteiger partial charge in [-0.3, -0.25) is 4.79 Å². The summed E-state index contributed by atoms with van der Waals surface area (Å²) in [6.07, 6.45) is 0. The maximum Gasteiger partial charge on any atom is 0.387 e. The van der Waals surface area contributed by atoms with Gasteiger partial charge in [0.05, 0.1) is 10.4 Å². The van der Waals surface area contributed by atoms with Crippen LogP contribution in [-0.2, 0) is 0 Å². The van der Waals surface area contributed by atoms with Crippen molar-refractivity contribution in [3.63, 3.8) is 0 Å². The quantitative estimate of drug-likeness (QED) is 0.594. The van der Waals surface area contributed by atoms with E-state index in [9.17, 15) is 13.6 Å². The highest BCUT2D eigenvalue weighted by atomic mass is 79.9. The van der Waals surface area contributed by atoms with Gasteiger partial charge in [0.1, 0.15) is 5.75 Å². The van der Waals surface area contributed by atoms with Gasteiger partial charge in [-0.2, -0.15) is 8.78 Å². The lowest BCUT2D eigenvalue weighted by molar-refractivity contribution is -0.0501. The molecule has 6 heteroatoms. The molecule has 0 N–H and O–H groups in total. The number of hydrogen-bond acceptors (Lipinski definition) is 2. The molecule has 0 aliphatic heterocycles. The fourth-order valence-electron chi connectivity index (χ4n) is 1.11. The van der Waals surface area contributed by atoms with Crippen LogP contribution in [0.1, 0.15) is 10.4 Å². The van der Waals surface area contributed by atoms with Crippen molar-refractivity contribution in [2.45, 2.75) is 11.4 Å². The second-order valence-electron chi connectivity index (χ2n) is 2.86. The Morgan fingerprint density at radius 2 is 2.00 bits per heavy atom. The van der Waals surface area contributed by atoms with Crippen LogP contribution in [0.25, 0.3) is 0 Å². The van der Waals surface area contributed by atoms with Crippen LogP contribution in [-0.4, -0.2) is 22.6 Å². The van der Waals surface area contributed by atoms with E-state index in [2.05, 4.69) is 36.6 Å². The number of para-hydroxylation sites is 1. The summed E-state index contributed by atoms with van der Waals surface area (Å²) in [5.41, 5.74) is 0.143. The predicted octanol–water partition coefficient (Wildman–Crippen LogP) is 3.63. The Labute approximate surface area is 108 Å². The number of benzene rings is 1. The number of rotatable bonds is 5. The first-order chi connectivity index (χ1) is 7.56. The molecular weight excluding hydrogens is 350 g/mol. The van der Waals surface area contributed by atoms with Gasteiger partial charge in [-0.15, -0.1) is 0 Å². The van der Waals surface area contributed by atoms with Crippen LogP contribution in [0.15, 0.2) is 24.3 Å². The van der Waals surface area contributed by atoms with Crippen molar-refractivity contribution < 1.29 is 18.3 Å². The third-order valence-corrected chi connectivity index (χ3v) is 4.04. The third kappa shape index (κ3) is 3.52. The molecule has 1 aromatic rings. The summed E-state index contributed by atoms with van der Waals surface area (Å²) in [4.78, 5) is 11.3. The predicted molar refractivity (Wildman–Crippen MR) is 63.9 cm³/mol. The number of carbonyl (C=O) groups excluding carboxylic acids is 1. The van der Waals surface area contributed by atoms with Gasteiger partial charge in [0.15, 0.2) is 5.78 Å². The molecule has 0 saturated carbocycles. The van der Waals surface area contributed by atoms with Gasteiger partial charge in [0.25, 0.3) is 0 Å². The summed E-state index contributed by atoms with van der Waals surface area (Å²) in [6, 6.07) is 5.93. The Morgan fingerprint density at radius 1 is 1.38 bits per heavy atom. The van der Waals surface area contributed by atoms with Crippen molar-refractivity contribution in [1.82, 2.24) is 0 Å². The normalized spacial score (nSPS) is 12.6. The highest BCUT2D eigenvalue weighted by molar-refractivity contribution is 9.12. The molecule has 0 aliphatic carbocycles. The SMILES string of the molecule is O=C(c1ccccc1OC(F)F)C(Br)CBr. The van der Waals surface area contributed by atoms with E-state index in [0.29, 0.717) is 5.33 Å². The molecule has 0 aromatic heterocycles. The van der Waals surface area contributed by atoms with Gasteiger partial charge in [0, 0.05) is 5.33 Å². The maximum atomic E-state index is 12.1. The fraction of sp³-hybridized carbons (Fsp3) is 0.300. The summed E-state index contributed by atoms with van der Waals surface area (Å²) in [5, 5.41) is 0.398. The number of Topliss-reactive ketones (excluding diaryl/α,β-unsaturated/α-hetero) is 1. The Bertz CT molecular complexity index is 372. The van der Waals surface area contributed by atoms with Gasteiger partial charge in [-0.25, -0.2) is 0 Å². The zero-order valence-electron chi connectivity index (χ0n) is 8.00. The van der Waals surface area contributed by atoms with E-state index >= 15 is 0 Å². The van der Waals surface area contributed by atoms with Gasteiger partial charge in [0.2, 0.25) is 0 Å². The standard InChI is InChI=1S/C10H8Br2F2O2/c11-5-7(12)9(15)6-3-1-2-4-8(6)16-10(13)14/h1-4,7,10H,5H2. The second-order valence-corrected chi connectivity index (χ2v) is 4.61. The first-order valence-corrected chi connectivity index (χ1v) is 6.38. The number of alkyl halides is 4. The van der Waals surface area contributed by atoms with Crippen molar-refractivity contribution >= 4 is 37.6 Å². The molecule has 0 heterocycles. The summed E-state index contributed by atoms with van der Waals surface area (Å²) < 4.78 is 28.5. The molecule has 0 fully saturated rings. The minimum Gasteiger partial charge on any atom is -0.434 e. The lowest BCUT2D eigenvalue weighted by atomic mass is 10.1. The number of ketones is 1. The van der Waals surface area contributed by atoms with Crippen LogP contribution in [0.5, 0.6) is 5.75 Å². The van der Waals surface area contributed by atoms with Gasteiger partial charge < -0.3 is 4.74 Å². The van der Waals surface area contributed by atoms with Gasteiger partial charge >= 0.3 is 6.61 Å². The number of hydrogen-bond donors (Lipinski definition) is 0. The molecule has 0 radical (unpaired) electrons. The largest absolute Gasteiger partial charge is 0.434 e. The smallest absolute Gasteiger partial charge is 0.387 e. The minimum atomic E-state index is -2.94. The molecule has 1 atom stereocenters. The molecule has 2 nitrogen and oxygen atoms in total. The van der Waals surface area contributed by atoms with Crippen molar-refractivity contribution in [3.05, 3.63) is 29.8 Å². The Kier molecular flexibility index (Phi) is 5.34. The highest BCUT2D eigenvalue weighted by Crippen LogP contribution is 2.24. The summed E-state index contributed by atoms with van der Waals surface area (Å²) in [7, 11) is 0. The fourth-order valence-corrected chi connectivity index (χ4v) is 1.65. The lowest BCUT2D eigenvalue weighted by Gasteiger charge is -2.11. The van der Waals surface area contributed by atoms with Gasteiger partial charge in [-0.1, -0.05) is 44.0 Å². The second kappa shape index (κ2) is 6.30. The van der Waals surface area contributed by atoms with Crippen molar-refractivity contribution in [2.75, 3.05) is 5.33 Å². The Hall–Kier alpha value is -0.490. The molecule has 0 spiro atoms. The number of halogens is 4. The van der Waals surface area contributed by atoms with Crippen LogP contribution in [0.2, 0.25) is 0 Å². The average molecular weight is 358 g/mol. The van der Waals surface area contributed by atoms with Crippen molar-refractivity contribution in [3.8, 4) is 5.75 Å². The van der Waals surface area contributed by atoms with E-state index in [1.54, 1.807) is 6.07 Å². The first-order valence-electron chi connectivity index (χ1n) is 4.34. The van der Waals surface area contributed by atoms with Crippen LogP contribution < -0.4 is 4.74 Å². The van der Waals surface area contributed by atoms with E-state index < -0.39 is 11.4 Å². The van der Waals surface area contributed by atoms with Crippen LogP contribution >= 0.6 is 31.9 Å². The van der Waals surface area contributed by atoms with E-state index in [4.69, 9.17) is 0 Å². The van der Waals surface area contributed by atoms with E-state index in [0.717, 1.165) is 0 Å². The van der Waals surface area contributed by atoms with Crippen molar-refractivity contribution in [2.24, 2.45) is 0 Å². The third-order valence-electron chi connectivity index (χ3n) is 1.79. The zero-order valence-corrected chi connectivity index (χ0v) is 11.2. The molecule has 0 aliphatic rings.